The molecule has 3 rings (SSSR count). The summed E-state index contributed by atoms with van der Waals surface area (Å²) in [4.78, 5) is 11.2. The predicted octanol–water partition coefficient (Wildman–Crippen LogP) is 1.00. The molecule has 0 saturated heterocycles. The Morgan fingerprint density at radius 2 is 2.36 bits per heavy atom. The van der Waals surface area contributed by atoms with Gasteiger partial charge in [0.1, 0.15) is 0 Å². The summed E-state index contributed by atoms with van der Waals surface area (Å²) in [5, 5.41) is 2.83. The number of alkyl carbamates (subject to hydrolysis) is 1. The van der Waals surface area contributed by atoms with Crippen molar-refractivity contribution in [3.05, 3.63) is 0 Å². The summed E-state index contributed by atoms with van der Waals surface area (Å²) < 4.78 is 5.00. The van der Waals surface area contributed by atoms with Crippen LogP contribution in [-0.2, 0) is 4.74 Å². The van der Waals surface area contributed by atoms with Crippen molar-refractivity contribution < 1.29 is 9.53 Å². The Bertz CT molecular complexity index is 236. The molecule has 0 aromatic carbocycles. The van der Waals surface area contributed by atoms with E-state index in [1.54, 1.807) is 0 Å². The molecule has 0 aromatic heterocycles. The summed E-state index contributed by atoms with van der Waals surface area (Å²) in [5.41, 5.74) is 5.86. The molecule has 4 nitrogen and oxygen atoms in total. The molecule has 0 heterocycles. The van der Waals surface area contributed by atoms with Gasteiger partial charge in [-0.2, -0.15) is 0 Å². The molecule has 0 radical (unpaired) electrons. The first-order chi connectivity index (χ1) is 6.65. The van der Waals surface area contributed by atoms with Crippen LogP contribution in [0.15, 0.2) is 0 Å². The summed E-state index contributed by atoms with van der Waals surface area (Å²) in [7, 11) is 0. The minimum atomic E-state index is -0.303. The third-order valence-corrected chi connectivity index (χ3v) is 3.38. The molecule has 4 heteroatoms. The first kappa shape index (κ1) is 9.77. The second-order valence-corrected chi connectivity index (χ2v) is 4.51. The summed E-state index contributed by atoms with van der Waals surface area (Å²) in [6.07, 6.45) is 3.79. The van der Waals surface area contributed by atoms with Crippen molar-refractivity contribution in [1.29, 1.82) is 0 Å². The smallest absolute Gasteiger partial charge is 0.407 e. The summed E-state index contributed by atoms with van der Waals surface area (Å²) in [6.45, 7) is 2.58. The molecule has 3 aliphatic carbocycles. The molecule has 1 atom stereocenters. The first-order valence-corrected chi connectivity index (χ1v) is 5.38. The van der Waals surface area contributed by atoms with Gasteiger partial charge in [0.25, 0.3) is 0 Å². The highest BCUT2D eigenvalue weighted by atomic mass is 16.5. The lowest BCUT2D eigenvalue weighted by atomic mass is 9.46. The number of rotatable bonds is 4. The Labute approximate surface area is 84.2 Å². The van der Waals surface area contributed by atoms with E-state index >= 15 is 0 Å². The van der Waals surface area contributed by atoms with Gasteiger partial charge in [-0.05, 0) is 25.2 Å². The third kappa shape index (κ3) is 1.47. The normalized spacial score (nSPS) is 38.1. The monoisotopic (exact) mass is 198 g/mol. The molecule has 3 saturated carbocycles. The average molecular weight is 198 g/mol. The van der Waals surface area contributed by atoms with E-state index < -0.39 is 0 Å². The second-order valence-electron chi connectivity index (χ2n) is 4.51. The number of nitrogens with two attached hydrogens (primary N) is 1. The Kier molecular flexibility index (Phi) is 2.39. The fourth-order valence-electron chi connectivity index (χ4n) is 2.29. The number of nitrogens with one attached hydrogen (secondary N) is 1. The maximum Gasteiger partial charge on any atom is 0.407 e. The topological polar surface area (TPSA) is 64.3 Å². The standard InChI is InChI=1S/C10H18N2O2/c1-2-3-4-14-9(13)12-8-7-5-10(8,11)6-7/h7-8H,2-6,11H2,1H3,(H,12,13). The minimum absolute atomic E-state index is 0.103. The molecular formula is C10H18N2O2. The lowest BCUT2D eigenvalue weighted by Crippen LogP contribution is -2.81. The van der Waals surface area contributed by atoms with Crippen LogP contribution in [0, 0.1) is 5.92 Å². The average Bonchev–Trinajstić information content (AvgIpc) is 2.12. The van der Waals surface area contributed by atoms with Gasteiger partial charge < -0.3 is 15.8 Å². The van der Waals surface area contributed by atoms with Crippen molar-refractivity contribution in [3.63, 3.8) is 0 Å². The lowest BCUT2D eigenvalue weighted by Gasteiger charge is -2.65. The van der Waals surface area contributed by atoms with Crippen molar-refractivity contribution in [3.8, 4) is 0 Å². The largest absolute Gasteiger partial charge is 0.450 e. The highest BCUT2D eigenvalue weighted by Crippen LogP contribution is 2.55. The summed E-state index contributed by atoms with van der Waals surface area (Å²) in [6, 6.07) is 0.177. The van der Waals surface area contributed by atoms with E-state index in [-0.39, 0.29) is 17.7 Å². The van der Waals surface area contributed by atoms with Crippen LogP contribution >= 0.6 is 0 Å². The summed E-state index contributed by atoms with van der Waals surface area (Å²) in [5.74, 6) is 0.610. The molecule has 80 valence electrons. The molecule has 2 bridgehead atoms. The van der Waals surface area contributed by atoms with E-state index in [1.165, 1.54) is 0 Å². The Morgan fingerprint density at radius 1 is 1.64 bits per heavy atom. The maximum atomic E-state index is 11.2. The molecule has 0 aliphatic heterocycles. The Balaban J connectivity index is 1.64. The SMILES string of the molecule is CCCCOC(=O)NC1C2CC1(N)C2. The molecule has 1 unspecified atom stereocenters. The van der Waals surface area contributed by atoms with Crippen LogP contribution < -0.4 is 11.1 Å². The number of carbonyl (C=O) groups is 1. The van der Waals surface area contributed by atoms with Crippen molar-refractivity contribution in [2.45, 2.75) is 44.2 Å². The quantitative estimate of drug-likeness (QED) is 0.662. The van der Waals surface area contributed by atoms with Crippen LogP contribution in [0.25, 0.3) is 0 Å². The fraction of sp³-hybridized carbons (Fsp3) is 0.900. The van der Waals surface area contributed by atoms with E-state index in [9.17, 15) is 4.79 Å². The van der Waals surface area contributed by atoms with E-state index in [0.29, 0.717) is 12.5 Å². The molecule has 3 aliphatic rings. The predicted molar refractivity (Wildman–Crippen MR) is 52.8 cm³/mol. The van der Waals surface area contributed by atoms with Crippen LogP contribution in [0.5, 0.6) is 0 Å². The second kappa shape index (κ2) is 3.42. The van der Waals surface area contributed by atoms with Crippen LogP contribution in [0.3, 0.4) is 0 Å². The van der Waals surface area contributed by atoms with Gasteiger partial charge in [0, 0.05) is 5.54 Å². The molecule has 14 heavy (non-hydrogen) atoms. The van der Waals surface area contributed by atoms with Crippen LogP contribution in [0.4, 0.5) is 4.79 Å². The number of hydrogen-bond donors (Lipinski definition) is 2. The number of ether oxygens (including phenoxy) is 1. The zero-order chi connectivity index (χ0) is 10.2. The van der Waals surface area contributed by atoms with Crippen molar-refractivity contribution >= 4 is 6.09 Å². The molecule has 0 aromatic rings. The van der Waals surface area contributed by atoms with E-state index in [4.69, 9.17) is 10.5 Å². The number of carbonyl (C=O) groups excluding carboxylic acids is 1. The van der Waals surface area contributed by atoms with Crippen molar-refractivity contribution in [2.75, 3.05) is 6.61 Å². The van der Waals surface area contributed by atoms with Gasteiger partial charge in [0.05, 0.1) is 12.6 Å². The minimum Gasteiger partial charge on any atom is -0.450 e. The molecule has 3 fully saturated rings. The molecule has 0 spiro atoms. The van der Waals surface area contributed by atoms with Gasteiger partial charge in [0.15, 0.2) is 0 Å². The van der Waals surface area contributed by atoms with Gasteiger partial charge in [0.2, 0.25) is 0 Å². The van der Waals surface area contributed by atoms with Gasteiger partial charge >= 0.3 is 6.09 Å². The zero-order valence-corrected chi connectivity index (χ0v) is 8.58. The number of amides is 1. The van der Waals surface area contributed by atoms with E-state index in [1.807, 2.05) is 0 Å². The molecule has 1 amide bonds. The molecular weight excluding hydrogens is 180 g/mol. The van der Waals surface area contributed by atoms with Crippen LogP contribution in [0.1, 0.15) is 32.6 Å². The lowest BCUT2D eigenvalue weighted by molar-refractivity contribution is -0.0694. The molecule has 3 N–H and O–H groups in total. The summed E-state index contributed by atoms with van der Waals surface area (Å²) >= 11 is 0. The number of hydrogen-bond acceptors (Lipinski definition) is 3. The van der Waals surface area contributed by atoms with E-state index in [0.717, 1.165) is 25.7 Å². The van der Waals surface area contributed by atoms with Gasteiger partial charge in [-0.1, -0.05) is 13.3 Å². The Hall–Kier alpha value is -0.770. The van der Waals surface area contributed by atoms with Crippen molar-refractivity contribution in [2.24, 2.45) is 11.7 Å². The van der Waals surface area contributed by atoms with Gasteiger partial charge in [-0.25, -0.2) is 4.79 Å². The third-order valence-electron chi connectivity index (χ3n) is 3.38. The van der Waals surface area contributed by atoms with E-state index in [2.05, 4.69) is 12.2 Å². The van der Waals surface area contributed by atoms with Crippen LogP contribution in [0.2, 0.25) is 0 Å². The Morgan fingerprint density at radius 3 is 2.79 bits per heavy atom. The fourth-order valence-corrected chi connectivity index (χ4v) is 2.29. The highest BCUT2D eigenvalue weighted by molar-refractivity contribution is 5.68. The number of unbranched alkanes of at least 4 members (excludes halogenated alkanes) is 1. The first-order valence-electron chi connectivity index (χ1n) is 5.38. The maximum absolute atomic E-state index is 11.2. The highest BCUT2D eigenvalue weighted by Gasteiger charge is 2.63. The van der Waals surface area contributed by atoms with Gasteiger partial charge in [-0.3, -0.25) is 0 Å². The van der Waals surface area contributed by atoms with Gasteiger partial charge in [-0.15, -0.1) is 0 Å². The van der Waals surface area contributed by atoms with Crippen molar-refractivity contribution in [1.82, 2.24) is 5.32 Å². The zero-order valence-electron chi connectivity index (χ0n) is 8.58. The van der Waals surface area contributed by atoms with Crippen LogP contribution in [-0.4, -0.2) is 24.3 Å².